The minimum atomic E-state index is -1.37. The van der Waals surface area contributed by atoms with E-state index in [-0.39, 0.29) is 162 Å². The molecule has 12 amide bonds. The molecule has 0 heterocycles. The van der Waals surface area contributed by atoms with Gasteiger partial charge in [0.15, 0.2) is 11.7 Å². The van der Waals surface area contributed by atoms with E-state index in [1.54, 1.807) is 6.92 Å². The third kappa shape index (κ3) is 45.6. The van der Waals surface area contributed by atoms with E-state index in [1.165, 1.54) is 25.6 Å². The molecular weight excluding hydrogens is 1460 g/mol. The second-order valence-corrected chi connectivity index (χ2v) is 28.4. The number of amides is 12. The first-order chi connectivity index (χ1) is 52.1. The summed E-state index contributed by atoms with van der Waals surface area (Å²) in [7, 11) is 0. The molecule has 0 aromatic rings. The minimum absolute atomic E-state index is 0.00840. The summed E-state index contributed by atoms with van der Waals surface area (Å²) in [6, 6.07) is -13.6. The van der Waals surface area contributed by atoms with E-state index < -0.39 is 138 Å². The fourth-order valence-corrected chi connectivity index (χ4v) is 11.8. The highest BCUT2D eigenvalue weighted by molar-refractivity contribution is 7.98. The topological polar surface area (TPSA) is 583 Å². The van der Waals surface area contributed by atoms with E-state index in [1.807, 2.05) is 34.0 Å². The number of unbranched alkanes of at least 4 members (excludes halogenated alkanes) is 4. The molecule has 0 fully saturated rings. The SMILES string of the molecule is C=C(N)NCCC[C@@H](NC(=O)[C@@H](CCCC)NC(=O)[C@@H](CCCNC(=C)N)NC(=O)[C@@H](CCCC)NC(=O)[C@@H](CCCNC(=C)N)NC(=O)[C@@H](CCCC)NC(=O)[C@@H](CCCNC(=C)N)NC(=O)[C@@H](CCCC)NC(=O)[C@@H](CCCN=C(N)N)NC(=O)CNC(=O)[C@H](C)NC(=O)[C@@H](C)CSC)C(=O)N[C@H](CS)C(C)=O. The van der Waals surface area contributed by atoms with Crippen LogP contribution in [0, 0.1) is 5.92 Å². The predicted molar refractivity (Wildman–Crippen MR) is 432 cm³/mol. The second-order valence-electron chi connectivity index (χ2n) is 27.2. The average Bonchev–Trinajstić information content (AvgIpc) is 0.848. The van der Waals surface area contributed by atoms with Crippen LogP contribution in [0.15, 0.2) is 54.6 Å². The number of nitrogens with two attached hydrogens (primary N) is 6. The molecule has 110 heavy (non-hydrogen) atoms. The summed E-state index contributed by atoms with van der Waals surface area (Å²) in [5, 5.41) is 44.1. The maximum absolute atomic E-state index is 14.8. The normalized spacial score (nSPS) is 14.1. The zero-order valence-electron chi connectivity index (χ0n) is 66.0. The van der Waals surface area contributed by atoms with Crippen molar-refractivity contribution in [1.82, 2.24) is 85.1 Å². The molecule has 0 aromatic heterocycles. The molecule has 0 unspecified atom stereocenters. The maximum Gasteiger partial charge on any atom is 0.243 e. The fourth-order valence-electron chi connectivity index (χ4n) is 10.8. The first-order valence-electron chi connectivity index (χ1n) is 38.1. The van der Waals surface area contributed by atoms with Gasteiger partial charge in [0.25, 0.3) is 0 Å². The highest BCUT2D eigenvalue weighted by Gasteiger charge is 2.36. The number of thioether (sulfide) groups is 1. The summed E-state index contributed by atoms with van der Waals surface area (Å²) in [6.07, 6.45) is 7.22. The molecule has 0 radical (unpaired) electrons. The number of nitrogens with one attached hydrogen (secondary N) is 16. The van der Waals surface area contributed by atoms with Gasteiger partial charge in [-0.2, -0.15) is 24.4 Å². The Bertz CT molecular complexity index is 3000. The van der Waals surface area contributed by atoms with Crippen LogP contribution >= 0.6 is 24.4 Å². The van der Waals surface area contributed by atoms with Crippen LogP contribution in [-0.4, -0.2) is 206 Å². The van der Waals surface area contributed by atoms with Gasteiger partial charge in [0, 0.05) is 50.1 Å². The van der Waals surface area contributed by atoms with Gasteiger partial charge in [0.2, 0.25) is 70.9 Å². The Morgan fingerprint density at radius 1 is 0.355 bits per heavy atom. The first-order valence-corrected chi connectivity index (χ1v) is 40.1. The van der Waals surface area contributed by atoms with E-state index in [0.29, 0.717) is 70.1 Å². The number of guanidine groups is 1. The first kappa shape index (κ1) is 101. The summed E-state index contributed by atoms with van der Waals surface area (Å²) >= 11 is 5.67. The van der Waals surface area contributed by atoms with Crippen molar-refractivity contribution in [3.8, 4) is 0 Å². The Morgan fingerprint density at radius 3 is 0.845 bits per heavy atom. The molecule has 0 aromatic carbocycles. The Labute approximate surface area is 659 Å². The number of Topliss-reactive ketones (excluding diaryl/α,β-unsaturated/α-hetero) is 1. The second kappa shape index (κ2) is 58.6. The Kier molecular flexibility index (Phi) is 53.6. The number of nitrogens with zero attached hydrogens (tertiary/aromatic N) is 1. The Hall–Kier alpha value is -9.36. The highest BCUT2D eigenvalue weighted by Crippen LogP contribution is 2.14. The lowest BCUT2D eigenvalue weighted by atomic mass is 10.0. The number of aliphatic imine (C=N–C) groups is 1. The zero-order chi connectivity index (χ0) is 83.3. The quantitative estimate of drug-likeness (QED) is 0.0135. The molecule has 12 atom stereocenters. The van der Waals surface area contributed by atoms with E-state index in [0.717, 1.165) is 0 Å². The van der Waals surface area contributed by atoms with E-state index in [2.05, 4.69) is 129 Å². The summed E-state index contributed by atoms with van der Waals surface area (Å²) in [6.45, 7) is 26.9. The number of carbonyl (C=O) groups is 13. The van der Waals surface area contributed by atoms with Gasteiger partial charge in [-0.25, -0.2) is 0 Å². The number of rotatable bonds is 64. The third-order valence-corrected chi connectivity index (χ3v) is 18.4. The summed E-state index contributed by atoms with van der Waals surface area (Å²) in [5.41, 5.74) is 34.2. The summed E-state index contributed by atoms with van der Waals surface area (Å²) in [5.74, 6) is -8.52. The molecule has 0 saturated heterocycles. The molecule has 0 bridgehead atoms. The zero-order valence-corrected chi connectivity index (χ0v) is 67.8. The Morgan fingerprint density at radius 2 is 0.609 bits per heavy atom. The maximum atomic E-state index is 14.8. The van der Waals surface area contributed by atoms with Gasteiger partial charge in [-0.3, -0.25) is 67.3 Å². The van der Waals surface area contributed by atoms with Gasteiger partial charge in [-0.1, -0.05) is 112 Å². The van der Waals surface area contributed by atoms with Crippen LogP contribution in [0.3, 0.4) is 0 Å². The van der Waals surface area contributed by atoms with Gasteiger partial charge in [-0.05, 0) is 110 Å². The van der Waals surface area contributed by atoms with Crippen molar-refractivity contribution in [2.75, 3.05) is 57.0 Å². The van der Waals surface area contributed by atoms with Crippen LogP contribution in [0.25, 0.3) is 0 Å². The van der Waals surface area contributed by atoms with Crippen molar-refractivity contribution >= 4 is 107 Å². The number of hydrogen-bond donors (Lipinski definition) is 23. The van der Waals surface area contributed by atoms with E-state index >= 15 is 0 Å². The van der Waals surface area contributed by atoms with E-state index in [9.17, 15) is 62.3 Å². The van der Waals surface area contributed by atoms with Gasteiger partial charge >= 0.3 is 0 Å². The van der Waals surface area contributed by atoms with Crippen molar-refractivity contribution in [2.24, 2.45) is 45.3 Å². The number of carbonyl (C=O) groups excluding carboxylic acids is 13. The van der Waals surface area contributed by atoms with Crippen molar-refractivity contribution in [3.05, 3.63) is 49.6 Å². The van der Waals surface area contributed by atoms with Crippen molar-refractivity contribution in [2.45, 2.75) is 256 Å². The summed E-state index contributed by atoms with van der Waals surface area (Å²) in [4.78, 5) is 186. The fraction of sp³-hybridized carbons (Fsp3) is 0.694. The van der Waals surface area contributed by atoms with Gasteiger partial charge in [0.1, 0.15) is 60.4 Å². The van der Waals surface area contributed by atoms with Crippen molar-refractivity contribution in [1.29, 1.82) is 0 Å². The molecule has 0 rings (SSSR count). The smallest absolute Gasteiger partial charge is 0.243 e. The van der Waals surface area contributed by atoms with Crippen LogP contribution in [0.1, 0.15) is 190 Å². The highest BCUT2D eigenvalue weighted by atomic mass is 32.2. The number of thiol groups is 1. The standard InChI is InChI=1S/C72H133N23O13S2/c1-13-17-26-51(87-63(100)50(30-25-39-83-72(77)78)86-60(97)40-84-62(99)44(6)85-61(98)43(5)42-110-12)64(101)91-55(31-21-35-79-46(8)73)68(105)88-52(27-18-14-2)65(102)92-56(32-22-36-80-47(9)74)69(106)89-53(28-19-15-3)66(103)93-57(33-23-37-81-48(10)75)70(107)90-54(29-20-16-4)67(104)94-58(34-24-38-82-49(11)76)71(108)95-59(41-109)45(7)96/h43-44,50-59,79-82,109H,8-11,13-42,73-76H2,1-7,12H3,(H,84,99)(H,85,98)(H,86,97)(H,87,100)(H,88,105)(H,89,106)(H,90,107)(H,91,101)(H,92,102)(H,93,103)(H,94,104)(H,95,108)(H4,77,78,83)/t43-,44-,50+,51+,52+,53+,54+,55+,56+,57+,58+,59+/m0/s1. The van der Waals surface area contributed by atoms with Gasteiger partial charge in [-0.15, -0.1) is 0 Å². The minimum Gasteiger partial charge on any atom is -0.386 e. The molecule has 0 saturated carbocycles. The van der Waals surface area contributed by atoms with E-state index in [4.69, 9.17) is 34.4 Å². The predicted octanol–water partition coefficient (Wildman–Crippen LogP) is -2.01. The van der Waals surface area contributed by atoms with Crippen LogP contribution in [0.4, 0.5) is 0 Å². The number of hydrogen-bond acceptors (Lipinski definition) is 24. The Balaban J connectivity index is 7.44. The van der Waals surface area contributed by atoms with Crippen LogP contribution < -0.4 is 119 Å². The lowest BCUT2D eigenvalue weighted by molar-refractivity contribution is -0.136. The molecule has 0 aliphatic heterocycles. The molecule has 0 aliphatic carbocycles. The van der Waals surface area contributed by atoms with Crippen LogP contribution in [-0.2, 0) is 62.3 Å². The molecule has 626 valence electrons. The van der Waals surface area contributed by atoms with Gasteiger partial charge in [0.05, 0.1) is 35.9 Å². The third-order valence-electron chi connectivity index (χ3n) is 17.2. The summed E-state index contributed by atoms with van der Waals surface area (Å²) < 4.78 is 0. The van der Waals surface area contributed by atoms with Crippen molar-refractivity contribution < 1.29 is 62.3 Å². The molecule has 36 nitrogen and oxygen atoms in total. The van der Waals surface area contributed by atoms with Crippen LogP contribution in [0.5, 0.6) is 0 Å². The molecule has 0 aliphatic rings. The average molecular weight is 1590 g/mol. The lowest BCUT2D eigenvalue weighted by Crippen LogP contribution is -2.60. The number of ketones is 1. The molecule has 28 N–H and O–H groups in total. The van der Waals surface area contributed by atoms with Crippen LogP contribution in [0.2, 0.25) is 0 Å². The largest absolute Gasteiger partial charge is 0.386 e. The molecule has 38 heteroatoms. The molecule has 0 spiro atoms. The molecular formula is C72H133N23O13S2. The van der Waals surface area contributed by atoms with Crippen molar-refractivity contribution in [3.63, 3.8) is 0 Å². The monoisotopic (exact) mass is 1590 g/mol. The van der Waals surface area contributed by atoms with Gasteiger partial charge < -0.3 is 119 Å². The lowest BCUT2D eigenvalue weighted by Gasteiger charge is -2.29.